The molecule has 0 radical (unpaired) electrons. The van der Waals surface area contributed by atoms with Gasteiger partial charge in [0.1, 0.15) is 4.88 Å². The van der Waals surface area contributed by atoms with Gasteiger partial charge in [-0.15, -0.1) is 11.3 Å². The summed E-state index contributed by atoms with van der Waals surface area (Å²) in [5, 5.41) is 3.81. The van der Waals surface area contributed by atoms with Crippen molar-refractivity contribution >= 4 is 17.2 Å². The van der Waals surface area contributed by atoms with Gasteiger partial charge in [0.25, 0.3) is 5.91 Å². The highest BCUT2D eigenvalue weighted by molar-refractivity contribution is 7.13. The Kier molecular flexibility index (Phi) is 4.71. The topological polar surface area (TPSA) is 51.2 Å². The Hall–Kier alpha value is -0.940. The quantitative estimate of drug-likeness (QED) is 0.833. The third kappa shape index (κ3) is 3.60. The molecule has 1 heterocycles. The number of carbonyl (C=O) groups excluding carboxylic acids is 1. The van der Waals surface area contributed by atoms with E-state index in [1.165, 1.54) is 11.3 Å². The van der Waals surface area contributed by atoms with Gasteiger partial charge in [-0.1, -0.05) is 6.92 Å². The molecule has 0 saturated carbocycles. The van der Waals surface area contributed by atoms with Gasteiger partial charge in [0.2, 0.25) is 0 Å². The van der Waals surface area contributed by atoms with Crippen LogP contribution in [0.5, 0.6) is 0 Å². The molecule has 84 valence electrons. The van der Waals surface area contributed by atoms with Crippen LogP contribution < -0.4 is 5.32 Å². The molecule has 1 N–H and O–H groups in total. The van der Waals surface area contributed by atoms with Crippen LogP contribution in [0, 0.1) is 6.92 Å². The van der Waals surface area contributed by atoms with Crippen LogP contribution in [0.1, 0.15) is 28.0 Å². The molecule has 4 nitrogen and oxygen atoms in total. The Morgan fingerprint density at radius 1 is 1.73 bits per heavy atom. The first kappa shape index (κ1) is 12.1. The van der Waals surface area contributed by atoms with E-state index in [0.717, 1.165) is 11.4 Å². The van der Waals surface area contributed by atoms with Crippen molar-refractivity contribution in [3.8, 4) is 0 Å². The van der Waals surface area contributed by atoms with Crippen LogP contribution in [0.3, 0.4) is 0 Å². The molecule has 0 aromatic carbocycles. The molecule has 1 rings (SSSR count). The molecular weight excluding hydrogens is 212 g/mol. The van der Waals surface area contributed by atoms with Gasteiger partial charge in [0.15, 0.2) is 0 Å². The fourth-order valence-electron chi connectivity index (χ4n) is 1.19. The zero-order valence-corrected chi connectivity index (χ0v) is 10.1. The number of carbonyl (C=O) groups is 1. The second-order valence-electron chi connectivity index (χ2n) is 3.28. The average molecular weight is 228 g/mol. The first-order chi connectivity index (χ1) is 7.17. The minimum Gasteiger partial charge on any atom is -0.383 e. The number of nitrogens with one attached hydrogen (secondary N) is 1. The van der Waals surface area contributed by atoms with Crippen molar-refractivity contribution in [2.45, 2.75) is 26.3 Å². The van der Waals surface area contributed by atoms with Crippen molar-refractivity contribution in [1.29, 1.82) is 0 Å². The lowest BCUT2D eigenvalue weighted by Crippen LogP contribution is -2.37. The summed E-state index contributed by atoms with van der Waals surface area (Å²) < 4.78 is 5.01. The monoisotopic (exact) mass is 228 g/mol. The first-order valence-corrected chi connectivity index (χ1v) is 5.71. The summed E-state index contributed by atoms with van der Waals surface area (Å²) in [6.07, 6.45) is 2.46. The van der Waals surface area contributed by atoms with E-state index in [4.69, 9.17) is 4.74 Å². The van der Waals surface area contributed by atoms with Gasteiger partial charge in [-0.2, -0.15) is 0 Å². The molecule has 15 heavy (non-hydrogen) atoms. The zero-order valence-electron chi connectivity index (χ0n) is 9.24. The van der Waals surface area contributed by atoms with Gasteiger partial charge in [-0.3, -0.25) is 4.79 Å². The zero-order chi connectivity index (χ0) is 11.3. The summed E-state index contributed by atoms with van der Waals surface area (Å²) in [5.74, 6) is -0.0653. The number of hydrogen-bond donors (Lipinski definition) is 1. The van der Waals surface area contributed by atoms with Crippen LogP contribution in [0.15, 0.2) is 6.20 Å². The Balaban J connectivity index is 2.54. The number of thiazole rings is 1. The predicted octanol–water partition coefficient (Wildman–Crippen LogP) is 1.61. The molecule has 0 spiro atoms. The number of aromatic nitrogens is 1. The Morgan fingerprint density at radius 2 is 2.47 bits per heavy atom. The van der Waals surface area contributed by atoms with Crippen LogP contribution in [-0.2, 0) is 4.74 Å². The van der Waals surface area contributed by atoms with E-state index in [1.54, 1.807) is 13.3 Å². The molecule has 0 aliphatic heterocycles. The molecule has 5 heteroatoms. The van der Waals surface area contributed by atoms with Crippen LogP contribution in [0.25, 0.3) is 0 Å². The lowest BCUT2D eigenvalue weighted by molar-refractivity contribution is 0.0898. The maximum atomic E-state index is 11.7. The maximum Gasteiger partial charge on any atom is 0.263 e. The van der Waals surface area contributed by atoms with Crippen LogP contribution in [0.4, 0.5) is 0 Å². The summed E-state index contributed by atoms with van der Waals surface area (Å²) in [7, 11) is 1.63. The van der Waals surface area contributed by atoms with E-state index in [9.17, 15) is 4.79 Å². The van der Waals surface area contributed by atoms with Crippen molar-refractivity contribution in [3.05, 3.63) is 16.1 Å². The SMILES string of the molecule is CC[C@H](COC)NC(=O)c1cnc(C)s1. The molecule has 1 aromatic heterocycles. The van der Waals surface area contributed by atoms with Gasteiger partial charge >= 0.3 is 0 Å². The highest BCUT2D eigenvalue weighted by Gasteiger charge is 2.13. The standard InChI is InChI=1S/C10H16N2O2S/c1-4-8(6-14-3)12-10(13)9-5-11-7(2)15-9/h5,8H,4,6H2,1-3H3,(H,12,13)/t8-/m1/s1. The molecule has 1 aromatic rings. The van der Waals surface area contributed by atoms with Gasteiger partial charge in [-0.25, -0.2) is 4.98 Å². The van der Waals surface area contributed by atoms with Gasteiger partial charge in [0.05, 0.1) is 23.9 Å². The molecule has 0 unspecified atom stereocenters. The predicted molar refractivity (Wildman–Crippen MR) is 60.3 cm³/mol. The van der Waals surface area contributed by atoms with Gasteiger partial charge in [-0.05, 0) is 13.3 Å². The summed E-state index contributed by atoms with van der Waals surface area (Å²) in [6.45, 7) is 4.44. The highest BCUT2D eigenvalue weighted by Crippen LogP contribution is 2.11. The summed E-state index contributed by atoms with van der Waals surface area (Å²) in [6, 6.07) is 0.0740. The van der Waals surface area contributed by atoms with Crippen molar-refractivity contribution in [1.82, 2.24) is 10.3 Å². The number of methoxy groups -OCH3 is 1. The first-order valence-electron chi connectivity index (χ1n) is 4.89. The number of nitrogens with zero attached hydrogens (tertiary/aromatic N) is 1. The van der Waals surface area contributed by atoms with Crippen molar-refractivity contribution in [2.75, 3.05) is 13.7 Å². The highest BCUT2D eigenvalue weighted by atomic mass is 32.1. The van der Waals surface area contributed by atoms with E-state index < -0.39 is 0 Å². The average Bonchev–Trinajstić information content (AvgIpc) is 2.64. The number of ether oxygens (including phenoxy) is 1. The molecule has 0 bridgehead atoms. The summed E-state index contributed by atoms with van der Waals surface area (Å²) in [5.41, 5.74) is 0. The van der Waals surface area contributed by atoms with E-state index in [0.29, 0.717) is 11.5 Å². The van der Waals surface area contributed by atoms with Crippen molar-refractivity contribution in [2.24, 2.45) is 0 Å². The van der Waals surface area contributed by atoms with Crippen molar-refractivity contribution < 1.29 is 9.53 Å². The van der Waals surface area contributed by atoms with E-state index in [1.807, 2.05) is 13.8 Å². The molecule has 1 atom stereocenters. The Morgan fingerprint density at radius 3 is 2.93 bits per heavy atom. The van der Waals surface area contributed by atoms with Gasteiger partial charge in [0, 0.05) is 7.11 Å². The van der Waals surface area contributed by atoms with Crippen LogP contribution in [0.2, 0.25) is 0 Å². The fourth-order valence-corrected chi connectivity index (χ4v) is 1.87. The maximum absolute atomic E-state index is 11.7. The third-order valence-corrected chi connectivity index (χ3v) is 2.95. The van der Waals surface area contributed by atoms with Crippen LogP contribution >= 0.6 is 11.3 Å². The molecule has 0 aliphatic rings. The largest absolute Gasteiger partial charge is 0.383 e. The third-order valence-electron chi connectivity index (χ3n) is 2.04. The van der Waals surface area contributed by atoms with E-state index >= 15 is 0 Å². The number of hydrogen-bond acceptors (Lipinski definition) is 4. The number of rotatable bonds is 5. The normalized spacial score (nSPS) is 12.5. The number of aryl methyl sites for hydroxylation is 1. The lowest BCUT2D eigenvalue weighted by Gasteiger charge is -2.14. The van der Waals surface area contributed by atoms with Gasteiger partial charge < -0.3 is 10.1 Å². The summed E-state index contributed by atoms with van der Waals surface area (Å²) in [4.78, 5) is 16.4. The molecular formula is C10H16N2O2S. The Labute approximate surface area is 93.7 Å². The molecule has 0 saturated heterocycles. The fraction of sp³-hybridized carbons (Fsp3) is 0.600. The van der Waals surface area contributed by atoms with E-state index in [2.05, 4.69) is 10.3 Å². The second-order valence-corrected chi connectivity index (χ2v) is 4.51. The van der Waals surface area contributed by atoms with Crippen LogP contribution in [-0.4, -0.2) is 30.6 Å². The smallest absolute Gasteiger partial charge is 0.263 e. The Bertz CT molecular complexity index is 325. The van der Waals surface area contributed by atoms with Crippen molar-refractivity contribution in [3.63, 3.8) is 0 Å². The molecule has 0 fully saturated rings. The summed E-state index contributed by atoms with van der Waals surface area (Å²) >= 11 is 1.40. The molecule has 1 amide bonds. The lowest BCUT2D eigenvalue weighted by atomic mass is 10.2. The molecule has 0 aliphatic carbocycles. The minimum absolute atomic E-state index is 0.0653. The minimum atomic E-state index is -0.0653. The second kappa shape index (κ2) is 5.82. The number of amides is 1. The van der Waals surface area contributed by atoms with E-state index in [-0.39, 0.29) is 11.9 Å².